The lowest BCUT2D eigenvalue weighted by atomic mass is 10.1. The summed E-state index contributed by atoms with van der Waals surface area (Å²) in [4.78, 5) is 26.3. The molecular weight excluding hydrogens is 309 g/mol. The van der Waals surface area contributed by atoms with E-state index in [-0.39, 0.29) is 11.5 Å². The Morgan fingerprint density at radius 1 is 1.21 bits per heavy atom. The molecule has 4 nitrogen and oxygen atoms in total. The highest BCUT2D eigenvalue weighted by Crippen LogP contribution is 2.28. The molecule has 0 spiro atoms. The van der Waals surface area contributed by atoms with Gasteiger partial charge in [-0.2, -0.15) is 0 Å². The summed E-state index contributed by atoms with van der Waals surface area (Å²) in [5.41, 5.74) is 2.50. The van der Waals surface area contributed by atoms with E-state index in [4.69, 9.17) is 4.74 Å². The Morgan fingerprint density at radius 2 is 1.96 bits per heavy atom. The summed E-state index contributed by atoms with van der Waals surface area (Å²) in [6.45, 7) is 3.71. The van der Waals surface area contributed by atoms with Crippen LogP contribution in [0.1, 0.15) is 28.4 Å². The molecule has 2 aromatic rings. The van der Waals surface area contributed by atoms with Crippen molar-refractivity contribution in [1.29, 1.82) is 0 Å². The zero-order valence-electron chi connectivity index (χ0n) is 13.6. The molecule has 0 N–H and O–H groups in total. The number of carbonyl (C=O) groups is 2. The molecule has 5 heteroatoms. The smallest absolute Gasteiger partial charge is 0.339 e. The molecule has 0 fully saturated rings. The molecular formula is C19H18FNO3. The number of hydrogen-bond acceptors (Lipinski definition) is 3. The molecule has 0 saturated heterocycles. The van der Waals surface area contributed by atoms with Crippen molar-refractivity contribution in [3.8, 4) is 0 Å². The predicted octanol–water partition coefficient (Wildman–Crippen LogP) is 3.27. The molecule has 1 aliphatic rings. The summed E-state index contributed by atoms with van der Waals surface area (Å²) >= 11 is 0. The van der Waals surface area contributed by atoms with Gasteiger partial charge in [0.05, 0.1) is 5.56 Å². The lowest BCUT2D eigenvalue weighted by Gasteiger charge is -2.21. The first-order valence-electron chi connectivity index (χ1n) is 7.84. The van der Waals surface area contributed by atoms with Crippen LogP contribution in [0.3, 0.4) is 0 Å². The number of amides is 1. The maximum Gasteiger partial charge on any atom is 0.339 e. The molecule has 3 rings (SSSR count). The Labute approximate surface area is 139 Å². The second-order valence-electron chi connectivity index (χ2n) is 5.88. The second-order valence-corrected chi connectivity index (χ2v) is 5.88. The molecule has 1 aliphatic heterocycles. The molecule has 0 bridgehead atoms. The van der Waals surface area contributed by atoms with Gasteiger partial charge in [-0.1, -0.05) is 24.3 Å². The predicted molar refractivity (Wildman–Crippen MR) is 88.5 cm³/mol. The molecule has 24 heavy (non-hydrogen) atoms. The van der Waals surface area contributed by atoms with Gasteiger partial charge in [0.25, 0.3) is 5.91 Å². The second kappa shape index (κ2) is 6.43. The number of carbonyl (C=O) groups excluding carboxylic acids is 2. The van der Waals surface area contributed by atoms with Crippen LogP contribution in [0.15, 0.2) is 42.5 Å². The fourth-order valence-corrected chi connectivity index (χ4v) is 2.79. The normalized spacial score (nSPS) is 14.2. The third-order valence-corrected chi connectivity index (χ3v) is 4.19. The van der Waals surface area contributed by atoms with Crippen LogP contribution in [0.2, 0.25) is 0 Å². The molecule has 124 valence electrons. The van der Waals surface area contributed by atoms with Crippen molar-refractivity contribution in [1.82, 2.24) is 0 Å². The van der Waals surface area contributed by atoms with Crippen molar-refractivity contribution in [2.75, 3.05) is 11.4 Å². The average Bonchev–Trinajstić information content (AvgIpc) is 3.00. The number of hydrogen-bond donors (Lipinski definition) is 0. The van der Waals surface area contributed by atoms with Gasteiger partial charge in [-0.15, -0.1) is 0 Å². The summed E-state index contributed by atoms with van der Waals surface area (Å²) in [5, 5.41) is 0. The SMILES string of the molecule is Cc1ccc(C(=O)O[C@H](C)C(=O)N2CCc3ccccc32)cc1F. The topological polar surface area (TPSA) is 46.6 Å². The Kier molecular flexibility index (Phi) is 4.34. The number of nitrogens with zero attached hydrogens (tertiary/aromatic N) is 1. The van der Waals surface area contributed by atoms with Crippen LogP contribution in [0.25, 0.3) is 0 Å². The van der Waals surface area contributed by atoms with Gasteiger partial charge in [0.15, 0.2) is 6.10 Å². The number of halogens is 1. The van der Waals surface area contributed by atoms with E-state index in [0.29, 0.717) is 12.1 Å². The largest absolute Gasteiger partial charge is 0.449 e. The number of rotatable bonds is 3. The quantitative estimate of drug-likeness (QED) is 0.813. The summed E-state index contributed by atoms with van der Waals surface area (Å²) < 4.78 is 18.8. The number of para-hydroxylation sites is 1. The minimum atomic E-state index is -0.937. The fourth-order valence-electron chi connectivity index (χ4n) is 2.79. The Bertz CT molecular complexity index is 803. The maximum atomic E-state index is 13.6. The zero-order valence-corrected chi connectivity index (χ0v) is 13.6. The molecule has 2 aromatic carbocycles. The Morgan fingerprint density at radius 3 is 2.71 bits per heavy atom. The number of anilines is 1. The molecule has 1 amide bonds. The van der Waals surface area contributed by atoms with Gasteiger partial charge in [0, 0.05) is 12.2 Å². The fraction of sp³-hybridized carbons (Fsp3) is 0.263. The minimum Gasteiger partial charge on any atom is -0.449 e. The number of esters is 1. The van der Waals surface area contributed by atoms with Crippen molar-refractivity contribution < 1.29 is 18.7 Å². The highest BCUT2D eigenvalue weighted by Gasteiger charge is 2.30. The number of fused-ring (bicyclic) bond motifs is 1. The van der Waals surface area contributed by atoms with Crippen LogP contribution in [-0.4, -0.2) is 24.5 Å². The highest BCUT2D eigenvalue weighted by molar-refractivity contribution is 6.00. The van der Waals surface area contributed by atoms with Crippen molar-refractivity contribution in [2.45, 2.75) is 26.4 Å². The lowest BCUT2D eigenvalue weighted by Crippen LogP contribution is -2.39. The van der Waals surface area contributed by atoms with Crippen LogP contribution in [0.5, 0.6) is 0 Å². The minimum absolute atomic E-state index is 0.0968. The van der Waals surface area contributed by atoms with E-state index >= 15 is 0 Å². The third kappa shape index (κ3) is 3.02. The molecule has 0 saturated carbocycles. The van der Waals surface area contributed by atoms with Crippen molar-refractivity contribution in [2.24, 2.45) is 0 Å². The molecule has 0 aliphatic carbocycles. The Hall–Kier alpha value is -2.69. The molecule has 0 aromatic heterocycles. The van der Waals surface area contributed by atoms with Gasteiger partial charge < -0.3 is 9.64 Å². The summed E-state index contributed by atoms with van der Waals surface area (Å²) in [6.07, 6.45) is -0.154. The average molecular weight is 327 g/mol. The van der Waals surface area contributed by atoms with Crippen LogP contribution >= 0.6 is 0 Å². The first kappa shape index (κ1) is 16.2. The summed E-state index contributed by atoms with van der Waals surface area (Å²) in [5.74, 6) is -1.46. The molecule has 1 atom stereocenters. The van der Waals surface area contributed by atoms with E-state index < -0.39 is 17.9 Å². The van der Waals surface area contributed by atoms with Crippen LogP contribution in [0, 0.1) is 12.7 Å². The van der Waals surface area contributed by atoms with Gasteiger partial charge in [-0.3, -0.25) is 4.79 Å². The van der Waals surface area contributed by atoms with E-state index in [1.165, 1.54) is 19.1 Å². The number of benzene rings is 2. The van der Waals surface area contributed by atoms with Crippen LogP contribution in [-0.2, 0) is 16.0 Å². The van der Waals surface area contributed by atoms with Crippen LogP contribution in [0.4, 0.5) is 10.1 Å². The van der Waals surface area contributed by atoms with E-state index in [1.807, 2.05) is 24.3 Å². The van der Waals surface area contributed by atoms with Crippen molar-refractivity contribution >= 4 is 17.6 Å². The first-order chi connectivity index (χ1) is 11.5. The van der Waals surface area contributed by atoms with Gasteiger partial charge in [-0.05, 0) is 49.6 Å². The standard InChI is InChI=1S/C19H18FNO3/c1-12-7-8-15(11-16(12)20)19(23)24-13(2)18(22)21-10-9-14-5-3-4-6-17(14)21/h3-8,11,13H,9-10H2,1-2H3/t13-/m1/s1. The van der Waals surface area contributed by atoms with Crippen molar-refractivity contribution in [3.05, 3.63) is 65.0 Å². The van der Waals surface area contributed by atoms with E-state index in [1.54, 1.807) is 11.8 Å². The number of aryl methyl sites for hydroxylation is 1. The van der Waals surface area contributed by atoms with E-state index in [0.717, 1.165) is 23.7 Å². The van der Waals surface area contributed by atoms with Gasteiger partial charge in [0.2, 0.25) is 0 Å². The zero-order chi connectivity index (χ0) is 17.3. The van der Waals surface area contributed by atoms with Crippen LogP contribution < -0.4 is 4.90 Å². The maximum absolute atomic E-state index is 13.6. The molecule has 0 radical (unpaired) electrons. The monoisotopic (exact) mass is 327 g/mol. The first-order valence-corrected chi connectivity index (χ1v) is 7.84. The third-order valence-electron chi connectivity index (χ3n) is 4.19. The van der Waals surface area contributed by atoms with E-state index in [9.17, 15) is 14.0 Å². The van der Waals surface area contributed by atoms with Gasteiger partial charge >= 0.3 is 5.97 Å². The Balaban J connectivity index is 1.70. The summed E-state index contributed by atoms with van der Waals surface area (Å²) in [6, 6.07) is 11.8. The lowest BCUT2D eigenvalue weighted by molar-refractivity contribution is -0.126. The molecule has 0 unspecified atom stereocenters. The van der Waals surface area contributed by atoms with Gasteiger partial charge in [0.1, 0.15) is 5.82 Å². The molecule has 1 heterocycles. The number of ether oxygens (including phenoxy) is 1. The van der Waals surface area contributed by atoms with Crippen molar-refractivity contribution in [3.63, 3.8) is 0 Å². The highest BCUT2D eigenvalue weighted by atomic mass is 19.1. The van der Waals surface area contributed by atoms with Gasteiger partial charge in [-0.25, -0.2) is 9.18 Å². The summed E-state index contributed by atoms with van der Waals surface area (Å²) in [7, 11) is 0. The van der Waals surface area contributed by atoms with E-state index in [2.05, 4.69) is 0 Å².